The maximum atomic E-state index is 14.3. The standard InChI is InChI=1S/C18H10ClF7INO/c1-8-7-9(16(20,17(21,22)23)18(24,25)26)5-6-12(8)28-14(19)13-10(15(28)29)3-2-4-11(13)27/h2-7,29H,1H3. The number of aryl methyl sites for hydroxylation is 1. The molecular weight excluding hydrogens is 542 g/mol. The van der Waals surface area contributed by atoms with Crippen molar-refractivity contribution < 1.29 is 35.8 Å². The van der Waals surface area contributed by atoms with Crippen LogP contribution in [0.25, 0.3) is 16.5 Å². The minimum Gasteiger partial charge on any atom is -0.494 e. The molecule has 3 aromatic rings. The van der Waals surface area contributed by atoms with Gasteiger partial charge in [0.25, 0.3) is 0 Å². The first kappa shape index (κ1) is 22.0. The van der Waals surface area contributed by atoms with E-state index >= 15 is 0 Å². The molecule has 0 radical (unpaired) electrons. The Hall–Kier alpha value is -1.69. The Bertz CT molecular complexity index is 1090. The van der Waals surface area contributed by atoms with Gasteiger partial charge in [0.2, 0.25) is 5.88 Å². The van der Waals surface area contributed by atoms with Crippen LogP contribution in [0.15, 0.2) is 36.4 Å². The molecular formula is C18H10ClF7INO. The van der Waals surface area contributed by atoms with Crippen molar-refractivity contribution in [3.63, 3.8) is 0 Å². The van der Waals surface area contributed by atoms with Gasteiger partial charge in [-0.1, -0.05) is 29.8 Å². The van der Waals surface area contributed by atoms with Crippen LogP contribution in [0.1, 0.15) is 11.1 Å². The van der Waals surface area contributed by atoms with E-state index in [2.05, 4.69) is 0 Å². The molecule has 3 rings (SSSR count). The molecule has 1 N–H and O–H groups in total. The number of alkyl halides is 7. The summed E-state index contributed by atoms with van der Waals surface area (Å²) in [5.41, 5.74) is -7.28. The summed E-state index contributed by atoms with van der Waals surface area (Å²) in [7, 11) is 0. The highest BCUT2D eigenvalue weighted by Gasteiger charge is 2.73. The van der Waals surface area contributed by atoms with Crippen LogP contribution in [0.2, 0.25) is 5.15 Å². The van der Waals surface area contributed by atoms with Crippen molar-refractivity contribution >= 4 is 45.0 Å². The van der Waals surface area contributed by atoms with E-state index in [1.165, 1.54) is 6.92 Å². The number of nitrogens with zero attached hydrogens (tertiary/aromatic N) is 1. The van der Waals surface area contributed by atoms with Crippen molar-refractivity contribution in [2.75, 3.05) is 0 Å². The molecule has 0 amide bonds. The number of aromatic hydroxyl groups is 1. The Kier molecular flexibility index (Phi) is 5.26. The van der Waals surface area contributed by atoms with Crippen LogP contribution in [-0.4, -0.2) is 22.0 Å². The minimum atomic E-state index is -6.21. The molecule has 156 valence electrons. The second-order valence-electron chi connectivity index (χ2n) is 6.27. The first-order valence-electron chi connectivity index (χ1n) is 7.83. The molecule has 29 heavy (non-hydrogen) atoms. The van der Waals surface area contributed by atoms with E-state index in [0.29, 0.717) is 26.5 Å². The van der Waals surface area contributed by atoms with Crippen molar-refractivity contribution in [1.82, 2.24) is 4.57 Å². The second kappa shape index (κ2) is 6.93. The van der Waals surface area contributed by atoms with Gasteiger partial charge in [0.1, 0.15) is 5.15 Å². The van der Waals surface area contributed by atoms with Crippen molar-refractivity contribution in [2.24, 2.45) is 0 Å². The zero-order valence-corrected chi connectivity index (χ0v) is 17.2. The van der Waals surface area contributed by atoms with Gasteiger partial charge in [0.15, 0.2) is 0 Å². The van der Waals surface area contributed by atoms with Gasteiger partial charge in [-0.3, -0.25) is 4.57 Å². The van der Waals surface area contributed by atoms with Gasteiger partial charge in [0, 0.05) is 19.9 Å². The van der Waals surface area contributed by atoms with Crippen molar-refractivity contribution in [3.8, 4) is 11.6 Å². The van der Waals surface area contributed by atoms with Crippen LogP contribution in [0.3, 0.4) is 0 Å². The maximum Gasteiger partial charge on any atom is 0.435 e. The SMILES string of the molecule is Cc1cc(C(F)(C(F)(F)F)C(F)(F)F)ccc1-n1c(O)c2cccc(I)c2c1Cl. The second-order valence-corrected chi connectivity index (χ2v) is 7.79. The topological polar surface area (TPSA) is 25.2 Å². The highest BCUT2D eigenvalue weighted by Crippen LogP contribution is 2.53. The number of fused-ring (bicyclic) bond motifs is 1. The smallest absolute Gasteiger partial charge is 0.435 e. The minimum absolute atomic E-state index is 0.00921. The van der Waals surface area contributed by atoms with E-state index in [-0.39, 0.29) is 22.3 Å². The van der Waals surface area contributed by atoms with E-state index in [1.54, 1.807) is 18.2 Å². The van der Waals surface area contributed by atoms with Crippen LogP contribution >= 0.6 is 34.2 Å². The summed E-state index contributed by atoms with van der Waals surface area (Å²) in [6, 6.07) is 6.59. The van der Waals surface area contributed by atoms with E-state index in [4.69, 9.17) is 11.6 Å². The van der Waals surface area contributed by atoms with Gasteiger partial charge < -0.3 is 5.11 Å². The number of rotatable bonds is 2. The van der Waals surface area contributed by atoms with Gasteiger partial charge in [-0.15, -0.1) is 0 Å². The molecule has 0 saturated carbocycles. The maximum absolute atomic E-state index is 14.3. The van der Waals surface area contributed by atoms with E-state index < -0.39 is 23.6 Å². The third-order valence-corrected chi connectivity index (χ3v) is 5.74. The van der Waals surface area contributed by atoms with Gasteiger partial charge in [-0.05, 0) is 53.3 Å². The highest BCUT2D eigenvalue weighted by molar-refractivity contribution is 14.1. The molecule has 0 aliphatic rings. The van der Waals surface area contributed by atoms with E-state index in [9.17, 15) is 35.8 Å². The highest BCUT2D eigenvalue weighted by atomic mass is 127. The van der Waals surface area contributed by atoms with Gasteiger partial charge in [-0.25, -0.2) is 4.39 Å². The van der Waals surface area contributed by atoms with Crippen molar-refractivity contribution in [2.45, 2.75) is 24.9 Å². The molecule has 2 aromatic carbocycles. The number of aromatic nitrogens is 1. The summed E-state index contributed by atoms with van der Waals surface area (Å²) in [6.07, 6.45) is -12.4. The quantitative estimate of drug-likeness (QED) is 0.265. The predicted molar refractivity (Wildman–Crippen MR) is 102 cm³/mol. The molecule has 0 aliphatic carbocycles. The third-order valence-electron chi connectivity index (χ3n) is 4.49. The Balaban J connectivity index is 2.25. The van der Waals surface area contributed by atoms with E-state index in [1.807, 2.05) is 22.6 Å². The van der Waals surface area contributed by atoms with Gasteiger partial charge in [0.05, 0.1) is 5.69 Å². The number of benzene rings is 2. The van der Waals surface area contributed by atoms with Gasteiger partial charge in [-0.2, -0.15) is 26.3 Å². The lowest BCUT2D eigenvalue weighted by Crippen LogP contribution is -2.50. The van der Waals surface area contributed by atoms with Crippen LogP contribution in [-0.2, 0) is 5.67 Å². The summed E-state index contributed by atoms with van der Waals surface area (Å²) < 4.78 is 94.0. The zero-order valence-electron chi connectivity index (χ0n) is 14.3. The van der Waals surface area contributed by atoms with Crippen LogP contribution in [0.5, 0.6) is 5.88 Å². The molecule has 0 atom stereocenters. The summed E-state index contributed by atoms with van der Waals surface area (Å²) in [4.78, 5) is 0. The molecule has 0 aliphatic heterocycles. The predicted octanol–water partition coefficient (Wildman–Crippen LogP) is 7.19. The van der Waals surface area contributed by atoms with E-state index in [0.717, 1.165) is 10.6 Å². The largest absolute Gasteiger partial charge is 0.494 e. The number of hydrogen-bond acceptors (Lipinski definition) is 1. The average molecular weight is 552 g/mol. The molecule has 0 saturated heterocycles. The fourth-order valence-corrected chi connectivity index (χ4v) is 4.36. The summed E-state index contributed by atoms with van der Waals surface area (Å²) in [5.74, 6) is -0.350. The summed E-state index contributed by atoms with van der Waals surface area (Å²) in [6.45, 7) is 1.19. The molecule has 1 aromatic heterocycles. The Morgan fingerprint density at radius 1 is 0.966 bits per heavy atom. The molecule has 0 fully saturated rings. The zero-order chi connectivity index (χ0) is 21.9. The number of hydrogen-bond donors (Lipinski definition) is 1. The molecule has 0 spiro atoms. The Morgan fingerprint density at radius 2 is 1.55 bits per heavy atom. The summed E-state index contributed by atoms with van der Waals surface area (Å²) >= 11 is 8.28. The third kappa shape index (κ3) is 3.24. The lowest BCUT2D eigenvalue weighted by molar-refractivity contribution is -0.348. The molecule has 1 heterocycles. The first-order chi connectivity index (χ1) is 13.2. The summed E-state index contributed by atoms with van der Waals surface area (Å²) in [5, 5.41) is 11.3. The number of halogens is 9. The Morgan fingerprint density at radius 3 is 2.03 bits per heavy atom. The van der Waals surface area contributed by atoms with Crippen LogP contribution in [0.4, 0.5) is 30.7 Å². The molecule has 2 nitrogen and oxygen atoms in total. The first-order valence-corrected chi connectivity index (χ1v) is 9.28. The fourth-order valence-electron chi connectivity index (χ4n) is 3.07. The van der Waals surface area contributed by atoms with Crippen LogP contribution < -0.4 is 0 Å². The lowest BCUT2D eigenvalue weighted by Gasteiger charge is -2.30. The fraction of sp³-hybridized carbons (Fsp3) is 0.222. The normalized spacial score (nSPS) is 13.3. The monoisotopic (exact) mass is 551 g/mol. The van der Waals surface area contributed by atoms with Crippen molar-refractivity contribution in [3.05, 3.63) is 56.2 Å². The van der Waals surface area contributed by atoms with Crippen molar-refractivity contribution in [1.29, 1.82) is 0 Å². The lowest BCUT2D eigenvalue weighted by atomic mass is 9.92. The van der Waals surface area contributed by atoms with Crippen LogP contribution in [0, 0.1) is 10.5 Å². The molecule has 0 unspecified atom stereocenters. The molecule has 0 bridgehead atoms. The van der Waals surface area contributed by atoms with Gasteiger partial charge >= 0.3 is 18.0 Å². The Labute approximate surface area is 178 Å². The average Bonchev–Trinajstić information content (AvgIpc) is 2.84. The molecule has 11 heteroatoms.